The molecule has 5 nitrogen and oxygen atoms in total. The number of hydrazone groups is 1. The molecular formula is C18H14ClIN2O3S. The molecule has 1 N–H and O–H groups in total. The number of fused-ring (bicyclic) bond motifs is 1. The van der Waals surface area contributed by atoms with Crippen molar-refractivity contribution in [3.63, 3.8) is 0 Å². The third-order valence-corrected chi connectivity index (χ3v) is 6.05. The summed E-state index contributed by atoms with van der Waals surface area (Å²) in [4.78, 5) is 12.8. The van der Waals surface area contributed by atoms with E-state index in [1.54, 1.807) is 26.5 Å². The summed E-state index contributed by atoms with van der Waals surface area (Å²) in [7, 11) is 3.16. The Bertz CT molecular complexity index is 1000. The molecule has 134 valence electrons. The maximum absolute atomic E-state index is 12.4. The average Bonchev–Trinajstić information content (AvgIpc) is 2.98. The maximum Gasteiger partial charge on any atom is 0.283 e. The SMILES string of the molecule is COc1cc(C=NNC(=O)c2sc3ccccc3c2Cl)cc(I)c1OC. The summed E-state index contributed by atoms with van der Waals surface area (Å²) in [5.74, 6) is 0.911. The first-order chi connectivity index (χ1) is 12.5. The van der Waals surface area contributed by atoms with Crippen molar-refractivity contribution in [1.29, 1.82) is 0 Å². The van der Waals surface area contributed by atoms with Crippen LogP contribution >= 0.6 is 45.5 Å². The van der Waals surface area contributed by atoms with Gasteiger partial charge in [0.2, 0.25) is 0 Å². The molecule has 0 aliphatic carbocycles. The number of halogens is 2. The summed E-state index contributed by atoms with van der Waals surface area (Å²) in [5.41, 5.74) is 3.29. The number of methoxy groups -OCH3 is 2. The molecule has 2 aromatic carbocycles. The van der Waals surface area contributed by atoms with Gasteiger partial charge < -0.3 is 9.47 Å². The molecule has 3 rings (SSSR count). The molecule has 0 saturated heterocycles. The molecule has 0 atom stereocenters. The second-order valence-corrected chi connectivity index (χ2v) is 7.77. The highest BCUT2D eigenvalue weighted by molar-refractivity contribution is 14.1. The smallest absolute Gasteiger partial charge is 0.283 e. The molecular weight excluding hydrogens is 487 g/mol. The minimum Gasteiger partial charge on any atom is -0.493 e. The summed E-state index contributed by atoms with van der Waals surface area (Å²) in [6.07, 6.45) is 1.54. The van der Waals surface area contributed by atoms with Gasteiger partial charge in [-0.3, -0.25) is 4.79 Å². The number of benzene rings is 2. The molecule has 26 heavy (non-hydrogen) atoms. The van der Waals surface area contributed by atoms with Gasteiger partial charge in [0.15, 0.2) is 11.5 Å². The number of carbonyl (C=O) groups is 1. The van der Waals surface area contributed by atoms with E-state index in [4.69, 9.17) is 21.1 Å². The number of carbonyl (C=O) groups excluding carboxylic acids is 1. The average molecular weight is 501 g/mol. The number of thiophene rings is 1. The van der Waals surface area contributed by atoms with Crippen molar-refractivity contribution >= 4 is 67.7 Å². The predicted molar refractivity (Wildman–Crippen MR) is 114 cm³/mol. The predicted octanol–water partition coefficient (Wildman–Crippen LogP) is 4.94. The van der Waals surface area contributed by atoms with Gasteiger partial charge >= 0.3 is 0 Å². The molecule has 1 amide bonds. The molecule has 0 saturated carbocycles. The van der Waals surface area contributed by atoms with Gasteiger partial charge in [-0.2, -0.15) is 5.10 Å². The lowest BCUT2D eigenvalue weighted by Crippen LogP contribution is -2.16. The van der Waals surface area contributed by atoms with Crippen LogP contribution in [0.5, 0.6) is 11.5 Å². The van der Waals surface area contributed by atoms with Crippen molar-refractivity contribution in [3.05, 3.63) is 55.4 Å². The minimum atomic E-state index is -0.345. The van der Waals surface area contributed by atoms with E-state index in [0.29, 0.717) is 21.4 Å². The van der Waals surface area contributed by atoms with Crippen molar-refractivity contribution in [2.24, 2.45) is 5.10 Å². The van der Waals surface area contributed by atoms with Gasteiger partial charge in [0.25, 0.3) is 5.91 Å². The summed E-state index contributed by atoms with van der Waals surface area (Å²) >= 11 is 9.80. The Kier molecular flexibility index (Phi) is 6.00. The Morgan fingerprint density at radius 1 is 1.27 bits per heavy atom. The van der Waals surface area contributed by atoms with Crippen LogP contribution in [0.4, 0.5) is 0 Å². The minimum absolute atomic E-state index is 0.345. The Balaban J connectivity index is 1.78. The largest absolute Gasteiger partial charge is 0.493 e. The number of ether oxygens (including phenoxy) is 2. The standard InChI is InChI=1S/C18H14ClIN2O3S/c1-24-13-8-10(7-12(20)16(13)25-2)9-21-22-18(23)17-15(19)11-5-3-4-6-14(11)26-17/h3-9H,1-2H3,(H,22,23). The fraction of sp³-hybridized carbons (Fsp3) is 0.111. The van der Waals surface area contributed by atoms with Crippen LogP contribution in [-0.2, 0) is 0 Å². The zero-order valence-electron chi connectivity index (χ0n) is 13.9. The van der Waals surface area contributed by atoms with Gasteiger partial charge in [-0.25, -0.2) is 5.43 Å². The lowest BCUT2D eigenvalue weighted by atomic mass is 10.2. The molecule has 0 radical (unpaired) electrons. The number of hydrogen-bond donors (Lipinski definition) is 1. The molecule has 0 bridgehead atoms. The van der Waals surface area contributed by atoms with Crippen LogP contribution in [0.15, 0.2) is 41.5 Å². The number of hydrogen-bond acceptors (Lipinski definition) is 5. The zero-order chi connectivity index (χ0) is 18.7. The number of rotatable bonds is 5. The van der Waals surface area contributed by atoms with E-state index in [0.717, 1.165) is 19.2 Å². The topological polar surface area (TPSA) is 59.9 Å². The first-order valence-corrected chi connectivity index (χ1v) is 9.74. The van der Waals surface area contributed by atoms with E-state index in [1.165, 1.54) is 11.3 Å². The van der Waals surface area contributed by atoms with Crippen LogP contribution in [-0.4, -0.2) is 26.3 Å². The van der Waals surface area contributed by atoms with E-state index in [9.17, 15) is 4.79 Å². The van der Waals surface area contributed by atoms with Gasteiger partial charge in [-0.05, 0) is 46.4 Å². The van der Waals surface area contributed by atoms with E-state index in [-0.39, 0.29) is 5.91 Å². The van der Waals surface area contributed by atoms with Gasteiger partial charge in [-0.1, -0.05) is 29.8 Å². The lowest BCUT2D eigenvalue weighted by molar-refractivity contribution is 0.0959. The third-order valence-electron chi connectivity index (χ3n) is 3.58. The van der Waals surface area contributed by atoms with Gasteiger partial charge in [0.1, 0.15) is 4.88 Å². The Labute approximate surface area is 173 Å². The highest BCUT2D eigenvalue weighted by Gasteiger charge is 2.16. The molecule has 1 aromatic heterocycles. The Morgan fingerprint density at radius 3 is 2.73 bits per heavy atom. The molecule has 0 aliphatic heterocycles. The maximum atomic E-state index is 12.4. The molecule has 3 aromatic rings. The lowest BCUT2D eigenvalue weighted by Gasteiger charge is -2.10. The van der Waals surface area contributed by atoms with Crippen LogP contribution in [0, 0.1) is 3.57 Å². The molecule has 0 unspecified atom stereocenters. The third kappa shape index (κ3) is 3.79. The summed E-state index contributed by atoms with van der Waals surface area (Å²) in [5, 5.41) is 5.33. The zero-order valence-corrected chi connectivity index (χ0v) is 17.6. The molecule has 8 heteroatoms. The first kappa shape index (κ1) is 18.9. The van der Waals surface area contributed by atoms with E-state index in [1.807, 2.05) is 30.3 Å². The van der Waals surface area contributed by atoms with Crippen LogP contribution < -0.4 is 14.9 Å². The van der Waals surface area contributed by atoms with E-state index >= 15 is 0 Å². The second kappa shape index (κ2) is 8.24. The molecule has 0 spiro atoms. The summed E-state index contributed by atoms with van der Waals surface area (Å²) in [6.45, 7) is 0. The van der Waals surface area contributed by atoms with Crippen LogP contribution in [0.2, 0.25) is 5.02 Å². The monoisotopic (exact) mass is 500 g/mol. The van der Waals surface area contributed by atoms with E-state index < -0.39 is 0 Å². The molecule has 1 heterocycles. The van der Waals surface area contributed by atoms with Crippen molar-refractivity contribution in [1.82, 2.24) is 5.43 Å². The Morgan fingerprint density at radius 2 is 2.04 bits per heavy atom. The Hall–Kier alpha value is -1.84. The fourth-order valence-electron chi connectivity index (χ4n) is 2.39. The van der Waals surface area contributed by atoms with Crippen molar-refractivity contribution in [3.8, 4) is 11.5 Å². The van der Waals surface area contributed by atoms with Crippen molar-refractivity contribution in [2.75, 3.05) is 14.2 Å². The highest BCUT2D eigenvalue weighted by Crippen LogP contribution is 2.35. The molecule has 0 fully saturated rings. The van der Waals surface area contributed by atoms with Gasteiger partial charge in [-0.15, -0.1) is 11.3 Å². The summed E-state index contributed by atoms with van der Waals surface area (Å²) in [6, 6.07) is 11.3. The summed E-state index contributed by atoms with van der Waals surface area (Å²) < 4.78 is 12.5. The second-order valence-electron chi connectivity index (χ2n) is 5.18. The number of amides is 1. The van der Waals surface area contributed by atoms with Crippen LogP contribution in [0.25, 0.3) is 10.1 Å². The van der Waals surface area contributed by atoms with Crippen molar-refractivity contribution < 1.29 is 14.3 Å². The fourth-order valence-corrected chi connectivity index (χ4v) is 4.64. The first-order valence-electron chi connectivity index (χ1n) is 7.47. The highest BCUT2D eigenvalue weighted by atomic mass is 127. The van der Waals surface area contributed by atoms with Crippen LogP contribution in [0.3, 0.4) is 0 Å². The van der Waals surface area contributed by atoms with Crippen LogP contribution in [0.1, 0.15) is 15.2 Å². The number of nitrogens with zero attached hydrogens (tertiary/aromatic N) is 1. The van der Waals surface area contributed by atoms with Crippen molar-refractivity contribution in [2.45, 2.75) is 0 Å². The van der Waals surface area contributed by atoms with E-state index in [2.05, 4.69) is 33.1 Å². The van der Waals surface area contributed by atoms with Gasteiger partial charge in [0, 0.05) is 10.1 Å². The normalized spacial score (nSPS) is 11.1. The number of nitrogens with one attached hydrogen (secondary N) is 1. The molecule has 0 aliphatic rings. The van der Waals surface area contributed by atoms with Gasteiger partial charge in [0.05, 0.1) is 29.0 Å². The quantitative estimate of drug-likeness (QED) is 0.307.